The molecule has 4 aromatic rings. The molecule has 0 spiro atoms. The van der Waals surface area contributed by atoms with Crippen molar-refractivity contribution in [3.8, 4) is 5.75 Å². The Hall–Kier alpha value is -3.71. The predicted octanol–water partition coefficient (Wildman–Crippen LogP) is 4.67. The molecule has 1 heterocycles. The smallest absolute Gasteiger partial charge is 0.240 e. The van der Waals surface area contributed by atoms with Gasteiger partial charge in [0, 0.05) is 25.0 Å². The minimum Gasteiger partial charge on any atom is -0.497 e. The fraction of sp³-hybridized carbons (Fsp3) is 0.222. The van der Waals surface area contributed by atoms with Gasteiger partial charge in [-0.3, -0.25) is 4.79 Å². The van der Waals surface area contributed by atoms with Gasteiger partial charge >= 0.3 is 0 Å². The first-order valence-corrected chi connectivity index (χ1v) is 11.9. The quantitative estimate of drug-likeness (QED) is 0.363. The number of amides is 1. The van der Waals surface area contributed by atoms with Crippen molar-refractivity contribution in [3.05, 3.63) is 107 Å². The molecule has 1 aromatic heterocycles. The van der Waals surface area contributed by atoms with E-state index in [0.717, 1.165) is 29.1 Å². The SMILES string of the molecule is COc1cccc(Cc2nsc(N(C)CC(=O)NC(Cc3ccccc3)c3ccccc3)n2)c1. The Kier molecular flexibility index (Phi) is 7.88. The zero-order valence-electron chi connectivity index (χ0n) is 19.3. The first-order chi connectivity index (χ1) is 16.6. The Morgan fingerprint density at radius 2 is 1.71 bits per heavy atom. The number of methoxy groups -OCH3 is 1. The van der Waals surface area contributed by atoms with Gasteiger partial charge in [0.25, 0.3) is 0 Å². The minimum atomic E-state index is -0.109. The molecule has 0 bridgehead atoms. The molecule has 1 N–H and O–H groups in total. The lowest BCUT2D eigenvalue weighted by atomic mass is 9.99. The van der Waals surface area contributed by atoms with Crippen molar-refractivity contribution < 1.29 is 9.53 Å². The molecule has 1 atom stereocenters. The number of ether oxygens (including phenoxy) is 1. The Morgan fingerprint density at radius 1 is 1.00 bits per heavy atom. The van der Waals surface area contributed by atoms with Crippen molar-refractivity contribution in [1.82, 2.24) is 14.7 Å². The summed E-state index contributed by atoms with van der Waals surface area (Å²) in [6.45, 7) is 0.200. The van der Waals surface area contributed by atoms with Crippen LogP contribution in [0, 0.1) is 0 Å². The molecule has 0 aliphatic heterocycles. The van der Waals surface area contributed by atoms with Crippen LogP contribution in [0.25, 0.3) is 0 Å². The maximum Gasteiger partial charge on any atom is 0.240 e. The molecule has 0 aliphatic rings. The number of carbonyl (C=O) groups excluding carboxylic acids is 1. The molecule has 0 radical (unpaired) electrons. The topological polar surface area (TPSA) is 67.3 Å². The van der Waals surface area contributed by atoms with Crippen molar-refractivity contribution in [2.24, 2.45) is 0 Å². The molecule has 0 saturated carbocycles. The summed E-state index contributed by atoms with van der Waals surface area (Å²) in [5, 5.41) is 3.92. The fourth-order valence-electron chi connectivity index (χ4n) is 3.75. The summed E-state index contributed by atoms with van der Waals surface area (Å²) >= 11 is 1.30. The third-order valence-electron chi connectivity index (χ3n) is 5.48. The van der Waals surface area contributed by atoms with Crippen LogP contribution in [0.1, 0.15) is 28.6 Å². The molecule has 7 heteroatoms. The highest BCUT2D eigenvalue weighted by atomic mass is 32.1. The molecule has 6 nitrogen and oxygen atoms in total. The second-order valence-electron chi connectivity index (χ2n) is 8.10. The van der Waals surface area contributed by atoms with Gasteiger partial charge in [-0.2, -0.15) is 4.37 Å². The first-order valence-electron chi connectivity index (χ1n) is 11.2. The second kappa shape index (κ2) is 11.4. The van der Waals surface area contributed by atoms with Crippen LogP contribution in [0.5, 0.6) is 5.75 Å². The summed E-state index contributed by atoms with van der Waals surface area (Å²) in [5.41, 5.74) is 3.34. The van der Waals surface area contributed by atoms with Crippen LogP contribution in [0.2, 0.25) is 0 Å². The van der Waals surface area contributed by atoms with Crippen molar-refractivity contribution in [3.63, 3.8) is 0 Å². The van der Waals surface area contributed by atoms with Crippen LogP contribution >= 0.6 is 11.5 Å². The molecular formula is C27H28N4O2S. The van der Waals surface area contributed by atoms with Gasteiger partial charge in [0.15, 0.2) is 0 Å². The van der Waals surface area contributed by atoms with Gasteiger partial charge in [0.2, 0.25) is 11.0 Å². The van der Waals surface area contributed by atoms with E-state index in [0.29, 0.717) is 11.6 Å². The first kappa shape index (κ1) is 23.4. The normalized spacial score (nSPS) is 11.6. The van der Waals surface area contributed by atoms with E-state index < -0.39 is 0 Å². The van der Waals surface area contributed by atoms with E-state index in [4.69, 9.17) is 4.74 Å². The van der Waals surface area contributed by atoms with Crippen molar-refractivity contribution in [2.45, 2.75) is 18.9 Å². The van der Waals surface area contributed by atoms with Gasteiger partial charge in [-0.15, -0.1) is 0 Å². The number of hydrogen-bond acceptors (Lipinski definition) is 6. The summed E-state index contributed by atoms with van der Waals surface area (Å²) in [7, 11) is 3.52. The molecule has 1 unspecified atom stereocenters. The zero-order valence-corrected chi connectivity index (χ0v) is 20.2. The van der Waals surface area contributed by atoms with Crippen LogP contribution in [-0.2, 0) is 17.6 Å². The number of nitrogens with zero attached hydrogens (tertiary/aromatic N) is 3. The van der Waals surface area contributed by atoms with Crippen LogP contribution in [-0.4, -0.2) is 36.0 Å². The van der Waals surface area contributed by atoms with Gasteiger partial charge < -0.3 is 15.0 Å². The van der Waals surface area contributed by atoms with Crippen LogP contribution < -0.4 is 15.0 Å². The molecule has 0 aliphatic carbocycles. The van der Waals surface area contributed by atoms with E-state index in [1.54, 1.807) is 7.11 Å². The van der Waals surface area contributed by atoms with Crippen LogP contribution in [0.4, 0.5) is 5.13 Å². The Bertz CT molecular complexity index is 1200. The number of nitrogens with one attached hydrogen (secondary N) is 1. The third kappa shape index (κ3) is 6.42. The average molecular weight is 473 g/mol. The van der Waals surface area contributed by atoms with Gasteiger partial charge in [0.1, 0.15) is 11.6 Å². The molecular weight excluding hydrogens is 444 g/mol. The summed E-state index contributed by atoms with van der Waals surface area (Å²) in [6.07, 6.45) is 1.34. The molecule has 0 saturated heterocycles. The summed E-state index contributed by atoms with van der Waals surface area (Å²) in [5.74, 6) is 1.48. The lowest BCUT2D eigenvalue weighted by Gasteiger charge is -2.22. The highest BCUT2D eigenvalue weighted by Gasteiger charge is 2.18. The maximum absolute atomic E-state index is 13.0. The standard InChI is InChI=1S/C27H28N4O2S/c1-31(27-29-25(30-34-27)18-21-12-9-15-23(16-21)33-2)19-26(32)28-24(22-13-7-4-8-14-22)17-20-10-5-3-6-11-20/h3-16,24H,17-19H2,1-2H3,(H,28,32). The third-order valence-corrected chi connectivity index (χ3v) is 6.35. The number of benzene rings is 3. The number of anilines is 1. The van der Waals surface area contributed by atoms with E-state index in [9.17, 15) is 4.79 Å². The van der Waals surface area contributed by atoms with Crippen molar-refractivity contribution in [2.75, 3.05) is 25.6 Å². The lowest BCUT2D eigenvalue weighted by Crippen LogP contribution is -2.38. The summed E-state index contributed by atoms with van der Waals surface area (Å²) in [4.78, 5) is 19.4. The monoisotopic (exact) mass is 472 g/mol. The van der Waals surface area contributed by atoms with Gasteiger partial charge in [-0.05, 0) is 35.2 Å². The largest absolute Gasteiger partial charge is 0.497 e. The second-order valence-corrected chi connectivity index (χ2v) is 8.83. The van der Waals surface area contributed by atoms with E-state index in [1.165, 1.54) is 17.1 Å². The Balaban J connectivity index is 1.39. The molecule has 0 fully saturated rings. The molecule has 3 aromatic carbocycles. The number of likely N-dealkylation sites (N-methyl/N-ethyl adjacent to an activating group) is 1. The number of hydrogen-bond donors (Lipinski definition) is 1. The van der Waals surface area contributed by atoms with Crippen molar-refractivity contribution in [1.29, 1.82) is 0 Å². The summed E-state index contributed by atoms with van der Waals surface area (Å²) in [6, 6.07) is 28.0. The molecule has 174 valence electrons. The maximum atomic E-state index is 13.0. The molecule has 4 rings (SSSR count). The fourth-order valence-corrected chi connectivity index (χ4v) is 4.39. The Morgan fingerprint density at radius 3 is 2.44 bits per heavy atom. The minimum absolute atomic E-state index is 0.0585. The number of rotatable bonds is 10. The van der Waals surface area contributed by atoms with E-state index in [2.05, 4.69) is 26.8 Å². The van der Waals surface area contributed by atoms with E-state index >= 15 is 0 Å². The van der Waals surface area contributed by atoms with E-state index in [-0.39, 0.29) is 18.5 Å². The zero-order chi connectivity index (χ0) is 23.8. The van der Waals surface area contributed by atoms with Gasteiger partial charge in [0.05, 0.1) is 19.7 Å². The van der Waals surface area contributed by atoms with Crippen molar-refractivity contribution >= 4 is 22.6 Å². The highest BCUT2D eigenvalue weighted by Crippen LogP contribution is 2.21. The van der Waals surface area contributed by atoms with Gasteiger partial charge in [-0.1, -0.05) is 72.8 Å². The molecule has 34 heavy (non-hydrogen) atoms. The Labute approximate surface area is 204 Å². The number of carbonyl (C=O) groups is 1. The number of aromatic nitrogens is 2. The average Bonchev–Trinajstić information content (AvgIpc) is 3.33. The van der Waals surface area contributed by atoms with Crippen LogP contribution in [0.15, 0.2) is 84.9 Å². The van der Waals surface area contributed by atoms with E-state index in [1.807, 2.05) is 84.7 Å². The molecule has 1 amide bonds. The van der Waals surface area contributed by atoms with Crippen LogP contribution in [0.3, 0.4) is 0 Å². The van der Waals surface area contributed by atoms with Gasteiger partial charge in [-0.25, -0.2) is 4.98 Å². The highest BCUT2D eigenvalue weighted by molar-refractivity contribution is 7.09. The summed E-state index contributed by atoms with van der Waals surface area (Å²) < 4.78 is 9.77. The lowest BCUT2D eigenvalue weighted by molar-refractivity contribution is -0.120. The predicted molar refractivity (Wildman–Crippen MR) is 136 cm³/mol.